The minimum Gasteiger partial charge on any atom is -0.372 e. The van der Waals surface area contributed by atoms with Crippen molar-refractivity contribution in [2.24, 2.45) is 0 Å². The predicted octanol–water partition coefficient (Wildman–Crippen LogP) is 9.36. The van der Waals surface area contributed by atoms with Crippen molar-refractivity contribution in [3.63, 3.8) is 0 Å². The van der Waals surface area contributed by atoms with Gasteiger partial charge in [-0.15, -0.1) is 0 Å². The van der Waals surface area contributed by atoms with Crippen molar-refractivity contribution in [2.45, 2.75) is 88.4 Å². The molecule has 0 heterocycles. The van der Waals surface area contributed by atoms with E-state index in [1.807, 2.05) is 0 Å². The summed E-state index contributed by atoms with van der Waals surface area (Å²) in [7, 11) is 0. The summed E-state index contributed by atoms with van der Waals surface area (Å²) in [6.45, 7) is 21.2. The Labute approximate surface area is 230 Å². The average molecular weight is 505 g/mol. The van der Waals surface area contributed by atoms with Crippen LogP contribution in [0.25, 0.3) is 0 Å². The maximum absolute atomic E-state index is 6.36. The first-order valence-electron chi connectivity index (χ1n) is 13.9. The summed E-state index contributed by atoms with van der Waals surface area (Å²) < 4.78 is 6.36. The Morgan fingerprint density at radius 3 is 1.42 bits per heavy atom. The second-order valence-electron chi connectivity index (χ2n) is 11.5. The van der Waals surface area contributed by atoms with Gasteiger partial charge in [0.15, 0.2) is 0 Å². The lowest BCUT2D eigenvalue weighted by molar-refractivity contribution is 0.106. The number of rotatable bonds is 8. The standard InChI is InChI=1S/C37H44O/c1-23-10-12-32(25(3)14-23)17-34-19-36(28(6)15-26(34)4)21-38-22-37-20-35(27(5)16-29(37)7)18-33-13-11-24(2)30(8)31(33)9/h10-16,19-20H,17-18,21-22H2,1-9H3. The highest BCUT2D eigenvalue weighted by molar-refractivity contribution is 5.45. The van der Waals surface area contributed by atoms with Crippen LogP contribution in [-0.2, 0) is 30.8 Å². The van der Waals surface area contributed by atoms with Gasteiger partial charge in [-0.1, -0.05) is 60.2 Å². The average Bonchev–Trinajstić information content (AvgIpc) is 2.86. The molecule has 4 aromatic carbocycles. The van der Waals surface area contributed by atoms with Gasteiger partial charge < -0.3 is 4.74 Å². The molecule has 0 aliphatic carbocycles. The van der Waals surface area contributed by atoms with Crippen LogP contribution >= 0.6 is 0 Å². The predicted molar refractivity (Wildman–Crippen MR) is 163 cm³/mol. The molecule has 198 valence electrons. The van der Waals surface area contributed by atoms with Gasteiger partial charge in [0.25, 0.3) is 0 Å². The van der Waals surface area contributed by atoms with Crippen molar-refractivity contribution in [3.05, 3.63) is 138 Å². The van der Waals surface area contributed by atoms with Crippen LogP contribution in [0.5, 0.6) is 0 Å². The van der Waals surface area contributed by atoms with Crippen LogP contribution in [0.4, 0.5) is 0 Å². The fourth-order valence-corrected chi connectivity index (χ4v) is 5.52. The van der Waals surface area contributed by atoms with Gasteiger partial charge in [0.1, 0.15) is 0 Å². The van der Waals surface area contributed by atoms with Crippen molar-refractivity contribution >= 4 is 0 Å². The van der Waals surface area contributed by atoms with Gasteiger partial charge >= 0.3 is 0 Å². The Hall–Kier alpha value is -3.16. The van der Waals surface area contributed by atoms with E-state index in [1.54, 1.807) is 0 Å². The van der Waals surface area contributed by atoms with E-state index in [4.69, 9.17) is 4.74 Å². The van der Waals surface area contributed by atoms with Crippen molar-refractivity contribution < 1.29 is 4.74 Å². The van der Waals surface area contributed by atoms with E-state index >= 15 is 0 Å². The topological polar surface area (TPSA) is 9.23 Å². The third-order valence-electron chi connectivity index (χ3n) is 8.53. The lowest BCUT2D eigenvalue weighted by atomic mass is 9.91. The van der Waals surface area contributed by atoms with Gasteiger partial charge in [-0.3, -0.25) is 0 Å². The molecule has 0 bridgehead atoms. The molecule has 0 aromatic heterocycles. The van der Waals surface area contributed by atoms with E-state index in [0.717, 1.165) is 12.8 Å². The molecule has 0 amide bonds. The van der Waals surface area contributed by atoms with Crippen molar-refractivity contribution in [1.82, 2.24) is 0 Å². The second kappa shape index (κ2) is 11.7. The Morgan fingerprint density at radius 1 is 0.395 bits per heavy atom. The lowest BCUT2D eigenvalue weighted by Gasteiger charge is -2.17. The number of hydrogen-bond acceptors (Lipinski definition) is 1. The maximum Gasteiger partial charge on any atom is 0.0724 e. The number of benzene rings is 4. The third kappa shape index (κ3) is 6.27. The fourth-order valence-electron chi connectivity index (χ4n) is 5.52. The monoisotopic (exact) mass is 504 g/mol. The minimum atomic E-state index is 0.630. The molecule has 0 unspecified atom stereocenters. The van der Waals surface area contributed by atoms with Crippen LogP contribution in [0, 0.1) is 62.3 Å². The van der Waals surface area contributed by atoms with E-state index in [1.165, 1.54) is 83.5 Å². The summed E-state index contributed by atoms with van der Waals surface area (Å²) in [6, 6.07) is 20.7. The minimum absolute atomic E-state index is 0.630. The lowest BCUT2D eigenvalue weighted by Crippen LogP contribution is -2.04. The van der Waals surface area contributed by atoms with Gasteiger partial charge in [-0.05, 0) is 153 Å². The van der Waals surface area contributed by atoms with Crippen LogP contribution in [0.3, 0.4) is 0 Å². The van der Waals surface area contributed by atoms with Crippen LogP contribution < -0.4 is 0 Å². The molecule has 0 radical (unpaired) electrons. The number of ether oxygens (including phenoxy) is 1. The summed E-state index contributed by atoms with van der Waals surface area (Å²) in [5.74, 6) is 0. The molecule has 38 heavy (non-hydrogen) atoms. The molecule has 4 rings (SSSR count). The summed E-state index contributed by atoms with van der Waals surface area (Å²) >= 11 is 0. The molecule has 0 atom stereocenters. The maximum atomic E-state index is 6.36. The molecule has 0 aliphatic rings. The van der Waals surface area contributed by atoms with E-state index in [2.05, 4.69) is 117 Å². The Kier molecular flexibility index (Phi) is 8.58. The summed E-state index contributed by atoms with van der Waals surface area (Å²) in [4.78, 5) is 0. The highest BCUT2D eigenvalue weighted by Crippen LogP contribution is 2.26. The zero-order valence-corrected chi connectivity index (χ0v) is 24.9. The normalized spacial score (nSPS) is 11.3. The van der Waals surface area contributed by atoms with E-state index in [9.17, 15) is 0 Å². The molecular weight excluding hydrogens is 460 g/mol. The van der Waals surface area contributed by atoms with Gasteiger partial charge in [-0.25, -0.2) is 0 Å². The number of hydrogen-bond donors (Lipinski definition) is 0. The molecule has 0 spiro atoms. The fraction of sp³-hybridized carbons (Fsp3) is 0.351. The van der Waals surface area contributed by atoms with Crippen LogP contribution in [0.15, 0.2) is 54.6 Å². The van der Waals surface area contributed by atoms with E-state index in [0.29, 0.717) is 13.2 Å². The van der Waals surface area contributed by atoms with Crippen molar-refractivity contribution in [2.75, 3.05) is 0 Å². The Morgan fingerprint density at radius 2 is 0.868 bits per heavy atom. The zero-order chi connectivity index (χ0) is 27.6. The van der Waals surface area contributed by atoms with Gasteiger partial charge in [0, 0.05) is 0 Å². The summed E-state index contributed by atoms with van der Waals surface area (Å²) in [6.07, 6.45) is 1.93. The molecule has 4 aromatic rings. The first-order chi connectivity index (χ1) is 18.0. The summed E-state index contributed by atoms with van der Waals surface area (Å²) in [5, 5.41) is 0. The van der Waals surface area contributed by atoms with Crippen LogP contribution in [0.2, 0.25) is 0 Å². The van der Waals surface area contributed by atoms with Crippen molar-refractivity contribution in [1.29, 1.82) is 0 Å². The molecule has 0 aliphatic heterocycles. The number of aryl methyl sites for hydroxylation is 7. The third-order valence-corrected chi connectivity index (χ3v) is 8.53. The molecule has 1 nitrogen and oxygen atoms in total. The second-order valence-corrected chi connectivity index (χ2v) is 11.5. The van der Waals surface area contributed by atoms with Gasteiger partial charge in [0.05, 0.1) is 13.2 Å². The molecule has 0 fully saturated rings. The smallest absolute Gasteiger partial charge is 0.0724 e. The van der Waals surface area contributed by atoms with E-state index < -0.39 is 0 Å². The van der Waals surface area contributed by atoms with Crippen LogP contribution in [-0.4, -0.2) is 0 Å². The quantitative estimate of drug-likeness (QED) is 0.232. The SMILES string of the molecule is Cc1ccc(Cc2cc(COCc3cc(Cc4ccc(C)c(C)c4C)c(C)cc3C)c(C)cc2C)c(C)c1. The summed E-state index contributed by atoms with van der Waals surface area (Å²) in [5.41, 5.74) is 20.3. The first-order valence-corrected chi connectivity index (χ1v) is 13.9. The molecule has 1 heteroatoms. The Balaban J connectivity index is 1.49. The van der Waals surface area contributed by atoms with E-state index in [-0.39, 0.29) is 0 Å². The molecule has 0 N–H and O–H groups in total. The Bertz CT molecular complexity index is 1470. The highest BCUT2D eigenvalue weighted by Gasteiger charge is 2.11. The van der Waals surface area contributed by atoms with Crippen molar-refractivity contribution in [3.8, 4) is 0 Å². The van der Waals surface area contributed by atoms with Gasteiger partial charge in [-0.2, -0.15) is 0 Å². The highest BCUT2D eigenvalue weighted by atomic mass is 16.5. The van der Waals surface area contributed by atoms with Gasteiger partial charge in [0.2, 0.25) is 0 Å². The zero-order valence-electron chi connectivity index (χ0n) is 24.9. The first kappa shape index (κ1) is 27.9. The molecular formula is C37H44O. The largest absolute Gasteiger partial charge is 0.372 e. The molecule has 0 saturated carbocycles. The molecule has 0 saturated heterocycles. The van der Waals surface area contributed by atoms with Crippen LogP contribution in [0.1, 0.15) is 83.5 Å².